The average Bonchev–Trinajstić information content (AvgIpc) is 2.69. The van der Waals surface area contributed by atoms with Gasteiger partial charge in [0.1, 0.15) is 6.61 Å². The van der Waals surface area contributed by atoms with E-state index in [4.69, 9.17) is 18.5 Å². The van der Waals surface area contributed by atoms with Crippen molar-refractivity contribution in [2.24, 2.45) is 0 Å². The summed E-state index contributed by atoms with van der Waals surface area (Å²) in [5, 5.41) is 3.25. The molecule has 0 aromatic carbocycles. The lowest BCUT2D eigenvalue weighted by molar-refractivity contribution is -0.0461. The second-order valence-corrected chi connectivity index (χ2v) is 11.7. The number of ether oxygens (including phenoxy) is 2. The maximum absolute atomic E-state index is 13.3. The van der Waals surface area contributed by atoms with Crippen LogP contribution >= 0.6 is 15.7 Å². The summed E-state index contributed by atoms with van der Waals surface area (Å²) in [5.41, 5.74) is 0. The van der Waals surface area contributed by atoms with Gasteiger partial charge in [-0.15, -0.1) is 4.52 Å². The van der Waals surface area contributed by atoms with Crippen LogP contribution in [0.25, 0.3) is 0 Å². The van der Waals surface area contributed by atoms with Crippen molar-refractivity contribution >= 4 is 15.7 Å². The SMILES string of the molecule is CN(C)[P+](=O)OC[C@@H]1CN(CCP(=O)(OC[C@@H]2CNCCO2)N(C)C)CCO1. The fourth-order valence-electron chi connectivity index (χ4n) is 2.92. The van der Waals surface area contributed by atoms with Gasteiger partial charge in [0.2, 0.25) is 0 Å². The minimum absolute atomic E-state index is 0.0642. The minimum Gasteiger partial charge on any atom is -0.373 e. The normalized spacial score (nSPS) is 27.1. The van der Waals surface area contributed by atoms with Crippen molar-refractivity contribution in [2.75, 3.05) is 93.5 Å². The lowest BCUT2D eigenvalue weighted by atomic mass is 10.3. The van der Waals surface area contributed by atoms with Crippen molar-refractivity contribution in [3.8, 4) is 0 Å². The summed E-state index contributed by atoms with van der Waals surface area (Å²) in [6.07, 6.45) is 0.222. The Morgan fingerprint density at radius 1 is 1.18 bits per heavy atom. The number of hydrogen-bond donors (Lipinski definition) is 1. The minimum atomic E-state index is -2.93. The van der Waals surface area contributed by atoms with Crippen molar-refractivity contribution in [3.63, 3.8) is 0 Å². The molecule has 0 spiro atoms. The van der Waals surface area contributed by atoms with Crippen molar-refractivity contribution < 1.29 is 27.7 Å². The fraction of sp³-hybridized carbons (Fsp3) is 1.00. The highest BCUT2D eigenvalue weighted by Gasteiger charge is 2.32. The van der Waals surface area contributed by atoms with Crippen molar-refractivity contribution in [1.82, 2.24) is 19.6 Å². The molecular formula is C16H35N4O6P2+. The van der Waals surface area contributed by atoms with E-state index < -0.39 is 15.7 Å². The van der Waals surface area contributed by atoms with Gasteiger partial charge in [-0.3, -0.25) is 9.46 Å². The third-order valence-electron chi connectivity index (χ3n) is 4.70. The molecule has 2 saturated heterocycles. The van der Waals surface area contributed by atoms with E-state index in [1.807, 2.05) is 0 Å². The van der Waals surface area contributed by atoms with Gasteiger partial charge in [-0.1, -0.05) is 4.67 Å². The Kier molecular flexibility index (Phi) is 10.4. The van der Waals surface area contributed by atoms with Crippen LogP contribution in [0, 0.1) is 0 Å². The van der Waals surface area contributed by atoms with Gasteiger partial charge in [0.15, 0.2) is 0 Å². The second-order valence-electron chi connectivity index (χ2n) is 7.38. The predicted octanol–water partition coefficient (Wildman–Crippen LogP) is 0.683. The molecule has 28 heavy (non-hydrogen) atoms. The van der Waals surface area contributed by atoms with Crippen LogP contribution in [0.1, 0.15) is 0 Å². The summed E-state index contributed by atoms with van der Waals surface area (Å²) < 4.78 is 50.7. The Labute approximate surface area is 169 Å². The standard InChI is InChI=1S/C16H35N4O6P2/c1-18(2)27(21)25-13-16-12-20(6-9-24-16)7-10-28(22,19(3)4)26-14-15-11-17-5-8-23-15/h15-17H,5-14H2,1-4H3/q+1/t15-,16-,28?/m0/s1. The van der Waals surface area contributed by atoms with Gasteiger partial charge in [-0.25, -0.2) is 4.67 Å². The van der Waals surface area contributed by atoms with E-state index in [0.717, 1.165) is 13.1 Å². The van der Waals surface area contributed by atoms with Crippen molar-refractivity contribution in [1.29, 1.82) is 0 Å². The summed E-state index contributed by atoms with van der Waals surface area (Å²) in [4.78, 5) is 2.19. The van der Waals surface area contributed by atoms with Crippen LogP contribution in [0.15, 0.2) is 0 Å². The topological polar surface area (TPSA) is 92.8 Å². The Morgan fingerprint density at radius 2 is 1.93 bits per heavy atom. The smallest absolute Gasteiger partial charge is 0.373 e. The van der Waals surface area contributed by atoms with Gasteiger partial charge >= 0.3 is 8.18 Å². The summed E-state index contributed by atoms with van der Waals surface area (Å²) in [6, 6.07) is 0. The third-order valence-corrected chi connectivity index (χ3v) is 8.25. The van der Waals surface area contributed by atoms with E-state index in [9.17, 15) is 9.13 Å². The highest BCUT2D eigenvalue weighted by molar-refractivity contribution is 7.56. The summed E-state index contributed by atoms with van der Waals surface area (Å²) in [7, 11) is 2.23. The van der Waals surface area contributed by atoms with Crippen LogP contribution in [0.5, 0.6) is 0 Å². The fourth-order valence-corrected chi connectivity index (χ4v) is 5.14. The Balaban J connectivity index is 1.78. The highest BCUT2D eigenvalue weighted by atomic mass is 31.2. The molecule has 1 N–H and O–H groups in total. The molecule has 2 rings (SSSR count). The molecule has 0 aromatic rings. The molecule has 0 radical (unpaired) electrons. The van der Waals surface area contributed by atoms with Gasteiger partial charge in [0.05, 0.1) is 38.2 Å². The first-order chi connectivity index (χ1) is 13.3. The summed E-state index contributed by atoms with van der Waals surface area (Å²) in [6.45, 7) is 5.42. The molecule has 10 nitrogen and oxygen atoms in total. The summed E-state index contributed by atoms with van der Waals surface area (Å²) >= 11 is 0. The monoisotopic (exact) mass is 441 g/mol. The van der Waals surface area contributed by atoms with E-state index in [1.165, 1.54) is 4.67 Å². The molecule has 0 aliphatic carbocycles. The van der Waals surface area contributed by atoms with Gasteiger partial charge in [0.25, 0.3) is 7.52 Å². The van der Waals surface area contributed by atoms with Crippen molar-refractivity contribution in [3.05, 3.63) is 0 Å². The molecule has 0 aromatic heterocycles. The number of morpholine rings is 2. The number of nitrogens with zero attached hydrogens (tertiary/aromatic N) is 3. The van der Waals surface area contributed by atoms with Crippen LogP contribution in [-0.4, -0.2) is 120 Å². The Bertz CT molecular complexity index is 533. The van der Waals surface area contributed by atoms with E-state index in [1.54, 1.807) is 32.9 Å². The molecule has 2 aliphatic heterocycles. The zero-order chi connectivity index (χ0) is 20.6. The van der Waals surface area contributed by atoms with Crippen LogP contribution in [0.4, 0.5) is 0 Å². The lowest BCUT2D eigenvalue weighted by Crippen LogP contribution is -2.45. The average molecular weight is 441 g/mol. The van der Waals surface area contributed by atoms with E-state index in [0.29, 0.717) is 45.6 Å². The quantitative estimate of drug-likeness (QED) is 0.462. The first-order valence-electron chi connectivity index (χ1n) is 9.65. The van der Waals surface area contributed by atoms with Crippen molar-refractivity contribution in [2.45, 2.75) is 12.2 Å². The first kappa shape index (κ1) is 24.3. The zero-order valence-electron chi connectivity index (χ0n) is 17.4. The molecule has 4 atom stereocenters. The maximum Gasteiger partial charge on any atom is 0.615 e. The van der Waals surface area contributed by atoms with E-state index >= 15 is 0 Å². The van der Waals surface area contributed by atoms with Gasteiger partial charge < -0.3 is 19.3 Å². The third kappa shape index (κ3) is 8.03. The number of hydrogen-bond acceptors (Lipinski definition) is 8. The largest absolute Gasteiger partial charge is 0.615 e. The highest BCUT2D eigenvalue weighted by Crippen LogP contribution is 2.48. The molecule has 2 fully saturated rings. The molecular weight excluding hydrogens is 406 g/mol. The molecule has 0 saturated carbocycles. The van der Waals surface area contributed by atoms with Crippen LogP contribution in [-0.2, 0) is 27.7 Å². The van der Waals surface area contributed by atoms with E-state index in [-0.39, 0.29) is 18.8 Å². The number of nitrogens with one attached hydrogen (secondary N) is 1. The molecule has 0 amide bonds. The van der Waals surface area contributed by atoms with Crippen LogP contribution < -0.4 is 5.32 Å². The second kappa shape index (κ2) is 12.0. The van der Waals surface area contributed by atoms with Gasteiger partial charge in [-0.05, 0) is 18.7 Å². The molecule has 12 heteroatoms. The molecule has 164 valence electrons. The predicted molar refractivity (Wildman–Crippen MR) is 108 cm³/mol. The van der Waals surface area contributed by atoms with Crippen LogP contribution in [0.3, 0.4) is 0 Å². The van der Waals surface area contributed by atoms with E-state index in [2.05, 4.69) is 10.2 Å². The lowest BCUT2D eigenvalue weighted by Gasteiger charge is -2.34. The Hall–Kier alpha value is 0.01000. The Morgan fingerprint density at radius 3 is 2.57 bits per heavy atom. The van der Waals surface area contributed by atoms with Gasteiger partial charge in [0, 0.05) is 46.8 Å². The number of rotatable bonds is 11. The molecule has 2 aliphatic rings. The molecule has 0 bridgehead atoms. The molecule has 2 unspecified atom stereocenters. The first-order valence-corrected chi connectivity index (χ1v) is 12.5. The summed E-state index contributed by atoms with van der Waals surface area (Å²) in [5.74, 6) is 0. The zero-order valence-corrected chi connectivity index (χ0v) is 19.2. The van der Waals surface area contributed by atoms with Gasteiger partial charge in [-0.2, -0.15) is 0 Å². The maximum atomic E-state index is 13.3. The van der Waals surface area contributed by atoms with Crippen LogP contribution in [0.2, 0.25) is 0 Å². The molecule has 2 heterocycles.